The summed E-state index contributed by atoms with van der Waals surface area (Å²) in [6.45, 7) is 4.79. The third-order valence-electron chi connectivity index (χ3n) is 4.86. The molecule has 3 heterocycles. The van der Waals surface area contributed by atoms with Gasteiger partial charge in [0.2, 0.25) is 11.8 Å². The lowest BCUT2D eigenvalue weighted by atomic mass is 10.1. The lowest BCUT2D eigenvalue weighted by Crippen LogP contribution is -2.15. The number of pyridine rings is 2. The molecule has 1 N–H and O–H groups in total. The van der Waals surface area contributed by atoms with Gasteiger partial charge in [-0.05, 0) is 44.0 Å². The van der Waals surface area contributed by atoms with Gasteiger partial charge in [-0.1, -0.05) is 0 Å². The molecule has 6 nitrogen and oxygen atoms in total. The van der Waals surface area contributed by atoms with E-state index in [-0.39, 0.29) is 5.91 Å². The number of hydrogen-bond acceptors (Lipinski definition) is 4. The number of fused-ring (bicyclic) bond motifs is 1. The van der Waals surface area contributed by atoms with Crippen molar-refractivity contribution in [2.75, 3.05) is 12.4 Å². The number of carbonyl (C=O) groups excluding carboxylic acids is 1. The molecule has 0 bridgehead atoms. The quantitative estimate of drug-likeness (QED) is 0.745. The van der Waals surface area contributed by atoms with Gasteiger partial charge >= 0.3 is 0 Å². The van der Waals surface area contributed by atoms with Crippen LogP contribution in [0.1, 0.15) is 18.9 Å². The van der Waals surface area contributed by atoms with Gasteiger partial charge in [-0.25, -0.2) is 14.4 Å². The number of amides is 1. The summed E-state index contributed by atoms with van der Waals surface area (Å²) < 4.78 is 20.6. The van der Waals surface area contributed by atoms with Gasteiger partial charge in [-0.2, -0.15) is 0 Å². The molecule has 3 aromatic rings. The Hall–Kier alpha value is -2.96. The number of alkyl halides is 1. The van der Waals surface area contributed by atoms with Crippen LogP contribution in [0.25, 0.3) is 22.2 Å². The number of halogens is 1. The molecule has 2 atom stereocenters. The SMILES string of the molecule is CCn1c(-c2cc(C)cnc2OC)cc2cc(NC(=O)C3CC3F)ncc21. The van der Waals surface area contributed by atoms with E-state index < -0.39 is 12.1 Å². The van der Waals surface area contributed by atoms with Crippen LogP contribution < -0.4 is 10.1 Å². The zero-order valence-corrected chi connectivity index (χ0v) is 15.5. The molecule has 2 unspecified atom stereocenters. The average molecular weight is 368 g/mol. The molecule has 1 fully saturated rings. The van der Waals surface area contributed by atoms with Gasteiger partial charge in [0.05, 0.1) is 36.0 Å². The molecule has 0 radical (unpaired) electrons. The molecule has 1 aliphatic carbocycles. The van der Waals surface area contributed by atoms with Gasteiger partial charge in [0.15, 0.2) is 0 Å². The topological polar surface area (TPSA) is 69.0 Å². The Morgan fingerprint density at radius 2 is 2.11 bits per heavy atom. The normalized spacial score (nSPS) is 18.5. The molecule has 27 heavy (non-hydrogen) atoms. The minimum atomic E-state index is -1.03. The van der Waals surface area contributed by atoms with E-state index in [2.05, 4.69) is 26.8 Å². The summed E-state index contributed by atoms with van der Waals surface area (Å²) in [6, 6.07) is 5.88. The molecular weight excluding hydrogens is 347 g/mol. The Balaban J connectivity index is 1.76. The lowest BCUT2D eigenvalue weighted by Gasteiger charge is -2.11. The third kappa shape index (κ3) is 3.13. The molecule has 0 aliphatic heterocycles. The molecule has 1 amide bonds. The first kappa shape index (κ1) is 17.5. The Bertz CT molecular complexity index is 1030. The van der Waals surface area contributed by atoms with E-state index in [9.17, 15) is 9.18 Å². The van der Waals surface area contributed by atoms with Gasteiger partial charge in [-0.3, -0.25) is 4.79 Å². The van der Waals surface area contributed by atoms with Crippen molar-refractivity contribution < 1.29 is 13.9 Å². The molecule has 3 aromatic heterocycles. The third-order valence-corrected chi connectivity index (χ3v) is 4.86. The average Bonchev–Trinajstić information content (AvgIpc) is 3.28. The minimum Gasteiger partial charge on any atom is -0.481 e. The van der Waals surface area contributed by atoms with Crippen molar-refractivity contribution in [3.8, 4) is 17.1 Å². The van der Waals surface area contributed by atoms with Crippen molar-refractivity contribution >= 4 is 22.6 Å². The van der Waals surface area contributed by atoms with E-state index in [1.54, 1.807) is 19.5 Å². The largest absolute Gasteiger partial charge is 0.481 e. The smallest absolute Gasteiger partial charge is 0.231 e. The fourth-order valence-electron chi connectivity index (χ4n) is 3.35. The van der Waals surface area contributed by atoms with Crippen LogP contribution in [0.3, 0.4) is 0 Å². The summed E-state index contributed by atoms with van der Waals surface area (Å²) in [4.78, 5) is 20.7. The van der Waals surface area contributed by atoms with Crippen LogP contribution in [0.4, 0.5) is 10.2 Å². The van der Waals surface area contributed by atoms with Crippen molar-refractivity contribution in [3.63, 3.8) is 0 Å². The van der Waals surface area contributed by atoms with E-state index in [0.717, 1.165) is 34.3 Å². The van der Waals surface area contributed by atoms with E-state index >= 15 is 0 Å². The standard InChI is InChI=1S/C20H21FN4O2/c1-4-25-16(14-5-11(2)9-23-20(14)27-3)6-12-7-18(22-10-17(12)25)24-19(26)13-8-15(13)21/h5-7,9-10,13,15H,4,8H2,1-3H3,(H,22,24,26). The Labute approximate surface area is 156 Å². The molecular formula is C20H21FN4O2. The molecule has 1 aliphatic rings. The first-order valence-corrected chi connectivity index (χ1v) is 8.97. The Kier molecular flexibility index (Phi) is 4.30. The van der Waals surface area contributed by atoms with Crippen LogP contribution in [0.15, 0.2) is 30.6 Å². The van der Waals surface area contributed by atoms with Gasteiger partial charge in [0, 0.05) is 18.1 Å². The second-order valence-electron chi connectivity index (χ2n) is 6.82. The predicted molar refractivity (Wildman–Crippen MR) is 102 cm³/mol. The number of nitrogens with one attached hydrogen (secondary N) is 1. The van der Waals surface area contributed by atoms with E-state index in [0.29, 0.717) is 18.1 Å². The highest BCUT2D eigenvalue weighted by Gasteiger charge is 2.43. The first-order chi connectivity index (χ1) is 13.0. The highest BCUT2D eigenvalue weighted by Crippen LogP contribution is 2.36. The minimum absolute atomic E-state index is 0.296. The maximum Gasteiger partial charge on any atom is 0.231 e. The van der Waals surface area contributed by atoms with Crippen LogP contribution in [-0.4, -0.2) is 33.7 Å². The molecule has 140 valence electrons. The number of hydrogen-bond donors (Lipinski definition) is 1. The predicted octanol–water partition coefficient (Wildman–Crippen LogP) is 3.73. The summed E-state index contributed by atoms with van der Waals surface area (Å²) in [7, 11) is 1.60. The van der Waals surface area contributed by atoms with Gasteiger partial charge in [-0.15, -0.1) is 0 Å². The van der Waals surface area contributed by atoms with Crippen LogP contribution >= 0.6 is 0 Å². The van der Waals surface area contributed by atoms with Crippen molar-refractivity contribution in [2.45, 2.75) is 33.0 Å². The number of aromatic nitrogens is 3. The summed E-state index contributed by atoms with van der Waals surface area (Å²) in [5, 5.41) is 3.65. The van der Waals surface area contributed by atoms with Crippen LogP contribution in [-0.2, 0) is 11.3 Å². The maximum atomic E-state index is 13.1. The van der Waals surface area contributed by atoms with Crippen LogP contribution in [0.5, 0.6) is 5.88 Å². The molecule has 1 saturated carbocycles. The summed E-state index contributed by atoms with van der Waals surface area (Å²) in [6.07, 6.45) is 2.77. The van der Waals surface area contributed by atoms with E-state index in [1.807, 2.05) is 25.1 Å². The van der Waals surface area contributed by atoms with Gasteiger partial charge in [0.25, 0.3) is 0 Å². The number of anilines is 1. The summed E-state index contributed by atoms with van der Waals surface area (Å²) in [5.74, 6) is 0.137. The van der Waals surface area contributed by atoms with E-state index in [4.69, 9.17) is 4.74 Å². The maximum absolute atomic E-state index is 13.1. The molecule has 0 aromatic carbocycles. The van der Waals surface area contributed by atoms with E-state index in [1.165, 1.54) is 0 Å². The highest BCUT2D eigenvalue weighted by atomic mass is 19.1. The Morgan fingerprint density at radius 3 is 2.78 bits per heavy atom. The monoisotopic (exact) mass is 368 g/mol. The first-order valence-electron chi connectivity index (χ1n) is 8.97. The number of carbonyl (C=O) groups is 1. The van der Waals surface area contributed by atoms with Crippen molar-refractivity contribution in [2.24, 2.45) is 5.92 Å². The molecule has 4 rings (SSSR count). The molecule has 0 saturated heterocycles. The second kappa shape index (κ2) is 6.64. The van der Waals surface area contributed by atoms with Crippen molar-refractivity contribution in [1.82, 2.24) is 14.5 Å². The zero-order chi connectivity index (χ0) is 19.1. The van der Waals surface area contributed by atoms with Crippen LogP contribution in [0, 0.1) is 12.8 Å². The Morgan fingerprint density at radius 1 is 1.33 bits per heavy atom. The number of nitrogens with zero attached hydrogens (tertiary/aromatic N) is 3. The fraction of sp³-hybridized carbons (Fsp3) is 0.350. The summed E-state index contributed by atoms with van der Waals surface area (Å²) >= 11 is 0. The van der Waals surface area contributed by atoms with Crippen molar-refractivity contribution in [3.05, 3.63) is 36.2 Å². The molecule has 7 heteroatoms. The fourth-order valence-corrected chi connectivity index (χ4v) is 3.35. The zero-order valence-electron chi connectivity index (χ0n) is 15.5. The van der Waals surface area contributed by atoms with Crippen LogP contribution in [0.2, 0.25) is 0 Å². The van der Waals surface area contributed by atoms with Crippen molar-refractivity contribution in [1.29, 1.82) is 0 Å². The lowest BCUT2D eigenvalue weighted by molar-refractivity contribution is -0.117. The van der Waals surface area contributed by atoms with Gasteiger partial charge in [0.1, 0.15) is 12.0 Å². The molecule has 0 spiro atoms. The number of rotatable bonds is 5. The number of aryl methyl sites for hydroxylation is 2. The number of methoxy groups -OCH3 is 1. The second-order valence-corrected chi connectivity index (χ2v) is 6.82. The van der Waals surface area contributed by atoms with Gasteiger partial charge < -0.3 is 14.6 Å². The summed E-state index contributed by atoms with van der Waals surface area (Å²) in [5.41, 5.74) is 3.86. The number of ether oxygens (including phenoxy) is 1. The highest BCUT2D eigenvalue weighted by molar-refractivity contribution is 5.96.